The lowest BCUT2D eigenvalue weighted by Crippen LogP contribution is -2.31. The summed E-state index contributed by atoms with van der Waals surface area (Å²) in [5.74, 6) is -0.302. The van der Waals surface area contributed by atoms with E-state index < -0.39 is 5.97 Å². The third kappa shape index (κ3) is 24.9. The van der Waals surface area contributed by atoms with Gasteiger partial charge in [-0.3, -0.25) is 9.79 Å². The molecule has 5 nitrogen and oxygen atoms in total. The number of carboxylic acid groups (broad SMARTS) is 1. The second-order valence-electron chi connectivity index (χ2n) is 2.41. The number of hydrogen-bond donors (Lipinski definition) is 3. The van der Waals surface area contributed by atoms with Gasteiger partial charge in [0.1, 0.15) is 0 Å². The number of nitrogens with two attached hydrogens (primary N) is 1. The number of unbranched alkanes of at least 4 members (excludes halogenated alkanes) is 1. The highest BCUT2D eigenvalue weighted by Gasteiger charge is 1.84. The van der Waals surface area contributed by atoms with Gasteiger partial charge >= 0.3 is 0 Å². The van der Waals surface area contributed by atoms with E-state index in [4.69, 9.17) is 15.6 Å². The molecule has 0 bridgehead atoms. The van der Waals surface area contributed by atoms with Crippen LogP contribution in [0.1, 0.15) is 26.7 Å². The molecule has 0 saturated carbocycles. The second kappa shape index (κ2) is 10.7. The van der Waals surface area contributed by atoms with Crippen LogP contribution in [0.3, 0.4) is 0 Å². The molecule has 4 N–H and O–H groups in total. The molecule has 0 fully saturated rings. The standard InChI is InChI=1S/C6H15N3.C2H4O2/c1-3-4-5-9-6(7)8-2;1-2(3)4/h3-5H2,1-2H3,(H3,7,8,9);1H3,(H,3,4). The molecule has 0 aromatic heterocycles. The van der Waals surface area contributed by atoms with Crippen molar-refractivity contribution < 1.29 is 9.90 Å². The number of aliphatic imine (C=N–C) groups is 1. The van der Waals surface area contributed by atoms with Crippen LogP contribution in [0.2, 0.25) is 0 Å². The van der Waals surface area contributed by atoms with Crippen molar-refractivity contribution >= 4 is 11.9 Å². The van der Waals surface area contributed by atoms with Crippen LogP contribution in [0.15, 0.2) is 4.99 Å². The maximum absolute atomic E-state index is 9.00. The molecule has 0 heterocycles. The normalized spacial score (nSPS) is 9.92. The number of carbonyl (C=O) groups is 1. The van der Waals surface area contributed by atoms with E-state index in [2.05, 4.69) is 17.2 Å². The highest BCUT2D eigenvalue weighted by Crippen LogP contribution is 1.80. The Morgan fingerprint density at radius 3 is 2.38 bits per heavy atom. The Morgan fingerprint density at radius 2 is 2.08 bits per heavy atom. The molecule has 13 heavy (non-hydrogen) atoms. The molecule has 5 heteroatoms. The van der Waals surface area contributed by atoms with Gasteiger partial charge < -0.3 is 16.2 Å². The first-order valence-electron chi connectivity index (χ1n) is 4.20. The molecule has 0 unspecified atom stereocenters. The minimum Gasteiger partial charge on any atom is -0.481 e. The van der Waals surface area contributed by atoms with Crippen molar-refractivity contribution in [3.63, 3.8) is 0 Å². The van der Waals surface area contributed by atoms with Gasteiger partial charge in [0, 0.05) is 20.5 Å². The monoisotopic (exact) mass is 189 g/mol. The average Bonchev–Trinajstić information content (AvgIpc) is 2.03. The summed E-state index contributed by atoms with van der Waals surface area (Å²) < 4.78 is 0. The van der Waals surface area contributed by atoms with Crippen molar-refractivity contribution in [1.29, 1.82) is 0 Å². The number of hydrogen-bond acceptors (Lipinski definition) is 2. The quantitative estimate of drug-likeness (QED) is 0.341. The Bertz CT molecular complexity index is 153. The molecule has 78 valence electrons. The zero-order valence-corrected chi connectivity index (χ0v) is 8.50. The number of nitrogens with one attached hydrogen (secondary N) is 1. The van der Waals surface area contributed by atoms with Crippen LogP contribution in [0.25, 0.3) is 0 Å². The lowest BCUT2D eigenvalue weighted by atomic mass is 10.3. The fourth-order valence-corrected chi connectivity index (χ4v) is 0.472. The van der Waals surface area contributed by atoms with Crippen LogP contribution in [0.5, 0.6) is 0 Å². The predicted molar refractivity (Wildman–Crippen MR) is 53.8 cm³/mol. The number of carboxylic acids is 1. The third-order valence-electron chi connectivity index (χ3n) is 1.08. The Hall–Kier alpha value is -1.26. The summed E-state index contributed by atoms with van der Waals surface area (Å²) in [6, 6.07) is 0. The third-order valence-corrected chi connectivity index (χ3v) is 1.08. The van der Waals surface area contributed by atoms with E-state index in [9.17, 15) is 0 Å². The first-order chi connectivity index (χ1) is 6.04. The van der Waals surface area contributed by atoms with E-state index >= 15 is 0 Å². The molecule has 0 aliphatic rings. The summed E-state index contributed by atoms with van der Waals surface area (Å²) in [7, 11) is 1.67. The summed E-state index contributed by atoms with van der Waals surface area (Å²) in [5, 5.41) is 10.4. The van der Waals surface area contributed by atoms with E-state index in [1.54, 1.807) is 7.05 Å². The van der Waals surface area contributed by atoms with E-state index in [0.29, 0.717) is 5.96 Å². The molecule has 0 aliphatic carbocycles. The van der Waals surface area contributed by atoms with Gasteiger partial charge in [0.05, 0.1) is 0 Å². The largest absolute Gasteiger partial charge is 0.481 e. The molecule has 0 rings (SSSR count). The Labute approximate surface area is 79.0 Å². The van der Waals surface area contributed by atoms with Crippen molar-refractivity contribution in [3.8, 4) is 0 Å². The van der Waals surface area contributed by atoms with Crippen LogP contribution in [0, 0.1) is 0 Å². The predicted octanol–water partition coefficient (Wildman–Crippen LogP) is 0.412. The van der Waals surface area contributed by atoms with Gasteiger partial charge in [-0.15, -0.1) is 0 Å². The second-order valence-corrected chi connectivity index (χ2v) is 2.41. The summed E-state index contributed by atoms with van der Waals surface area (Å²) in [4.78, 5) is 12.7. The van der Waals surface area contributed by atoms with Gasteiger partial charge in [-0.1, -0.05) is 13.3 Å². The first-order valence-corrected chi connectivity index (χ1v) is 4.20. The number of nitrogens with zero attached hydrogens (tertiary/aromatic N) is 1. The molecule has 0 amide bonds. The highest BCUT2D eigenvalue weighted by molar-refractivity contribution is 5.77. The molecular formula is C8H19N3O2. The molecule has 0 spiro atoms. The number of aliphatic carboxylic acids is 1. The summed E-state index contributed by atoms with van der Waals surface area (Å²) in [6.07, 6.45) is 2.33. The average molecular weight is 189 g/mol. The van der Waals surface area contributed by atoms with Gasteiger partial charge in [-0.2, -0.15) is 0 Å². The Morgan fingerprint density at radius 1 is 1.62 bits per heavy atom. The van der Waals surface area contributed by atoms with Crippen LogP contribution < -0.4 is 11.1 Å². The number of rotatable bonds is 3. The summed E-state index contributed by atoms with van der Waals surface area (Å²) >= 11 is 0. The fraction of sp³-hybridized carbons (Fsp3) is 0.750. The maximum Gasteiger partial charge on any atom is 0.300 e. The minimum atomic E-state index is -0.833. The fourth-order valence-electron chi connectivity index (χ4n) is 0.472. The zero-order chi connectivity index (χ0) is 10.7. The lowest BCUT2D eigenvalue weighted by Gasteiger charge is -2.01. The first kappa shape index (κ1) is 14.3. The topological polar surface area (TPSA) is 87.7 Å². The molecule has 0 aromatic carbocycles. The van der Waals surface area contributed by atoms with Crippen LogP contribution in [-0.4, -0.2) is 30.6 Å². The molecule has 0 atom stereocenters. The van der Waals surface area contributed by atoms with Gasteiger partial charge in [-0.05, 0) is 6.42 Å². The molecular weight excluding hydrogens is 170 g/mol. The molecule has 0 radical (unpaired) electrons. The smallest absolute Gasteiger partial charge is 0.300 e. The number of guanidine groups is 1. The van der Waals surface area contributed by atoms with Crippen LogP contribution >= 0.6 is 0 Å². The SMILES string of the molecule is CC(=O)O.CCCCNC(N)=NC. The summed E-state index contributed by atoms with van der Waals surface area (Å²) in [5.41, 5.74) is 5.35. The minimum absolute atomic E-state index is 0.531. The van der Waals surface area contributed by atoms with E-state index in [0.717, 1.165) is 19.9 Å². The van der Waals surface area contributed by atoms with Crippen molar-refractivity contribution in [2.75, 3.05) is 13.6 Å². The van der Waals surface area contributed by atoms with Gasteiger partial charge in [0.15, 0.2) is 5.96 Å². The van der Waals surface area contributed by atoms with Crippen molar-refractivity contribution in [2.24, 2.45) is 10.7 Å². The molecule has 0 saturated heterocycles. The van der Waals surface area contributed by atoms with E-state index in [-0.39, 0.29) is 0 Å². The van der Waals surface area contributed by atoms with E-state index in [1.165, 1.54) is 6.42 Å². The lowest BCUT2D eigenvalue weighted by molar-refractivity contribution is -0.134. The van der Waals surface area contributed by atoms with Gasteiger partial charge in [0.25, 0.3) is 5.97 Å². The Kier molecular flexibility index (Phi) is 11.8. The molecule has 0 aromatic rings. The van der Waals surface area contributed by atoms with Crippen LogP contribution in [0.4, 0.5) is 0 Å². The summed E-state index contributed by atoms with van der Waals surface area (Å²) in [6.45, 7) is 4.15. The zero-order valence-electron chi connectivity index (χ0n) is 8.50. The van der Waals surface area contributed by atoms with E-state index in [1.807, 2.05) is 0 Å². The van der Waals surface area contributed by atoms with Gasteiger partial charge in [0.2, 0.25) is 0 Å². The van der Waals surface area contributed by atoms with Gasteiger partial charge in [-0.25, -0.2) is 0 Å². The Balaban J connectivity index is 0. The van der Waals surface area contributed by atoms with Crippen molar-refractivity contribution in [2.45, 2.75) is 26.7 Å². The van der Waals surface area contributed by atoms with Crippen molar-refractivity contribution in [1.82, 2.24) is 5.32 Å². The highest BCUT2D eigenvalue weighted by atomic mass is 16.4. The van der Waals surface area contributed by atoms with Crippen LogP contribution in [-0.2, 0) is 4.79 Å². The molecule has 0 aliphatic heterocycles. The maximum atomic E-state index is 9.00. The van der Waals surface area contributed by atoms with Crippen molar-refractivity contribution in [3.05, 3.63) is 0 Å².